The highest BCUT2D eigenvalue weighted by Gasteiger charge is 2.29. The van der Waals surface area contributed by atoms with E-state index in [2.05, 4.69) is 0 Å². The van der Waals surface area contributed by atoms with Crippen molar-refractivity contribution < 1.29 is 18.1 Å². The van der Waals surface area contributed by atoms with Gasteiger partial charge in [-0.3, -0.25) is 14.9 Å². The van der Waals surface area contributed by atoms with E-state index in [0.717, 1.165) is 12.1 Å². The van der Waals surface area contributed by atoms with Crippen molar-refractivity contribution in [2.45, 2.75) is 9.79 Å². The van der Waals surface area contributed by atoms with Crippen LogP contribution in [0.15, 0.2) is 52.3 Å². The highest BCUT2D eigenvalue weighted by atomic mass is 32.2. The number of nitrogens with zero attached hydrogens (tertiary/aromatic N) is 1. The third kappa shape index (κ3) is 2.48. The lowest BCUT2D eigenvalue weighted by Gasteiger charge is -2.09. The van der Waals surface area contributed by atoms with Gasteiger partial charge in [0.1, 0.15) is 4.90 Å². The Morgan fingerprint density at radius 1 is 1.05 bits per heavy atom. The van der Waals surface area contributed by atoms with Crippen LogP contribution >= 0.6 is 0 Å². The predicted octanol–water partition coefficient (Wildman–Crippen LogP) is 1.82. The molecular formula is C13H10N2O5S. The summed E-state index contributed by atoms with van der Waals surface area (Å²) in [7, 11) is -4.20. The Labute approximate surface area is 120 Å². The first-order valence-corrected chi connectivity index (χ1v) is 7.20. The van der Waals surface area contributed by atoms with Crippen LogP contribution in [-0.4, -0.2) is 19.6 Å². The van der Waals surface area contributed by atoms with Crippen molar-refractivity contribution in [3.05, 3.63) is 58.1 Å². The maximum Gasteiger partial charge on any atom is 0.288 e. The van der Waals surface area contributed by atoms with Gasteiger partial charge in [0.15, 0.2) is 6.29 Å². The molecule has 0 fully saturated rings. The van der Waals surface area contributed by atoms with Gasteiger partial charge in [-0.05, 0) is 18.2 Å². The quantitative estimate of drug-likeness (QED) is 0.398. The second-order valence-corrected chi connectivity index (χ2v) is 5.99. The summed E-state index contributed by atoms with van der Waals surface area (Å²) >= 11 is 0. The molecule has 2 aromatic carbocycles. The fourth-order valence-electron chi connectivity index (χ4n) is 1.85. The van der Waals surface area contributed by atoms with Gasteiger partial charge in [0.05, 0.1) is 15.5 Å². The van der Waals surface area contributed by atoms with Gasteiger partial charge in [-0.1, -0.05) is 18.2 Å². The van der Waals surface area contributed by atoms with Crippen LogP contribution in [0.2, 0.25) is 0 Å². The van der Waals surface area contributed by atoms with Crippen molar-refractivity contribution in [2.24, 2.45) is 0 Å². The summed E-state index contributed by atoms with van der Waals surface area (Å²) in [6.07, 6.45) is 0.424. The minimum Gasteiger partial charge on any atom is -0.397 e. The molecule has 0 atom stereocenters. The number of nitrogen functional groups attached to an aromatic ring is 1. The van der Waals surface area contributed by atoms with E-state index in [1.807, 2.05) is 0 Å². The van der Waals surface area contributed by atoms with E-state index < -0.39 is 25.3 Å². The lowest BCUT2D eigenvalue weighted by atomic mass is 10.2. The number of benzene rings is 2. The van der Waals surface area contributed by atoms with Crippen LogP contribution in [0.1, 0.15) is 10.4 Å². The van der Waals surface area contributed by atoms with Crippen LogP contribution < -0.4 is 5.73 Å². The van der Waals surface area contributed by atoms with E-state index in [9.17, 15) is 23.3 Å². The number of para-hydroxylation sites is 2. The van der Waals surface area contributed by atoms with Crippen LogP contribution in [0.3, 0.4) is 0 Å². The third-order valence-corrected chi connectivity index (χ3v) is 4.73. The van der Waals surface area contributed by atoms with E-state index in [1.54, 1.807) is 0 Å². The maximum absolute atomic E-state index is 12.5. The van der Waals surface area contributed by atoms with Crippen LogP contribution in [0.25, 0.3) is 0 Å². The Morgan fingerprint density at radius 2 is 1.67 bits per heavy atom. The SMILES string of the molecule is Nc1c(C=O)cccc1S(=O)(=O)c1ccccc1[N+](=O)[O-]. The van der Waals surface area contributed by atoms with Crippen LogP contribution in [0.5, 0.6) is 0 Å². The van der Waals surface area contributed by atoms with Crippen molar-refractivity contribution in [3.8, 4) is 0 Å². The molecule has 0 heterocycles. The van der Waals surface area contributed by atoms with Crippen LogP contribution in [0, 0.1) is 10.1 Å². The topological polar surface area (TPSA) is 120 Å². The summed E-state index contributed by atoms with van der Waals surface area (Å²) in [4.78, 5) is 20.2. The summed E-state index contributed by atoms with van der Waals surface area (Å²) in [5, 5.41) is 11.0. The summed E-state index contributed by atoms with van der Waals surface area (Å²) in [5.41, 5.74) is 4.89. The molecule has 0 spiro atoms. The zero-order valence-corrected chi connectivity index (χ0v) is 11.4. The van der Waals surface area contributed by atoms with Crippen molar-refractivity contribution >= 4 is 27.5 Å². The maximum atomic E-state index is 12.5. The number of rotatable bonds is 4. The zero-order valence-electron chi connectivity index (χ0n) is 10.6. The van der Waals surface area contributed by atoms with Gasteiger partial charge >= 0.3 is 0 Å². The Morgan fingerprint density at radius 3 is 2.29 bits per heavy atom. The number of sulfone groups is 1. The molecule has 108 valence electrons. The minimum atomic E-state index is -4.20. The highest BCUT2D eigenvalue weighted by molar-refractivity contribution is 7.91. The van der Waals surface area contributed by atoms with E-state index in [1.165, 1.54) is 30.3 Å². The van der Waals surface area contributed by atoms with Gasteiger partial charge in [0, 0.05) is 11.6 Å². The van der Waals surface area contributed by atoms with Crippen LogP contribution in [-0.2, 0) is 9.84 Å². The number of hydrogen-bond donors (Lipinski definition) is 1. The number of anilines is 1. The number of carbonyl (C=O) groups is 1. The Bertz CT molecular complexity index is 830. The molecule has 8 heteroatoms. The van der Waals surface area contributed by atoms with Gasteiger partial charge in [-0.2, -0.15) is 0 Å². The fourth-order valence-corrected chi connectivity index (χ4v) is 3.43. The average molecular weight is 306 g/mol. The lowest BCUT2D eigenvalue weighted by Crippen LogP contribution is -2.09. The second kappa shape index (κ2) is 5.33. The molecule has 2 aromatic rings. The summed E-state index contributed by atoms with van der Waals surface area (Å²) in [6, 6.07) is 8.87. The van der Waals surface area contributed by atoms with Gasteiger partial charge in [-0.15, -0.1) is 0 Å². The smallest absolute Gasteiger partial charge is 0.288 e. The fraction of sp³-hybridized carbons (Fsp3) is 0. The zero-order chi connectivity index (χ0) is 15.6. The monoisotopic (exact) mass is 306 g/mol. The van der Waals surface area contributed by atoms with E-state index >= 15 is 0 Å². The molecular weight excluding hydrogens is 296 g/mol. The molecule has 0 aliphatic rings. The molecule has 0 saturated carbocycles. The molecule has 0 saturated heterocycles. The van der Waals surface area contributed by atoms with E-state index in [0.29, 0.717) is 6.29 Å². The second-order valence-electron chi connectivity index (χ2n) is 4.11. The summed E-state index contributed by atoms with van der Waals surface area (Å²) < 4.78 is 25.1. The van der Waals surface area contributed by atoms with Gasteiger partial charge in [0.2, 0.25) is 9.84 Å². The number of nitro groups is 1. The van der Waals surface area contributed by atoms with Crippen molar-refractivity contribution in [1.29, 1.82) is 0 Å². The first kappa shape index (κ1) is 14.7. The first-order chi connectivity index (χ1) is 9.89. The van der Waals surface area contributed by atoms with Gasteiger partial charge < -0.3 is 5.73 Å². The molecule has 21 heavy (non-hydrogen) atoms. The number of nitrogens with two attached hydrogens (primary N) is 1. The minimum absolute atomic E-state index is 0.00894. The molecule has 0 aliphatic carbocycles. The number of carbonyl (C=O) groups excluding carboxylic acids is 1. The van der Waals surface area contributed by atoms with Crippen molar-refractivity contribution in [1.82, 2.24) is 0 Å². The Balaban J connectivity index is 2.75. The molecule has 0 aromatic heterocycles. The third-order valence-electron chi connectivity index (χ3n) is 2.87. The van der Waals surface area contributed by atoms with E-state index in [-0.39, 0.29) is 16.1 Å². The molecule has 0 aliphatic heterocycles. The first-order valence-electron chi connectivity index (χ1n) is 5.71. The lowest BCUT2D eigenvalue weighted by molar-refractivity contribution is -0.387. The molecule has 0 radical (unpaired) electrons. The molecule has 2 rings (SSSR count). The molecule has 0 unspecified atom stereocenters. The van der Waals surface area contributed by atoms with Crippen LogP contribution in [0.4, 0.5) is 11.4 Å². The molecule has 2 N–H and O–H groups in total. The molecule has 0 bridgehead atoms. The van der Waals surface area contributed by atoms with Crippen molar-refractivity contribution in [3.63, 3.8) is 0 Å². The standard InChI is InChI=1S/C13H10N2O5S/c14-13-9(8-16)4-3-7-12(13)21(19,20)11-6-2-1-5-10(11)15(17)18/h1-8H,14H2. The number of nitro benzene ring substituents is 1. The predicted molar refractivity (Wildman–Crippen MR) is 74.8 cm³/mol. The normalized spacial score (nSPS) is 11.0. The van der Waals surface area contributed by atoms with Gasteiger partial charge in [-0.25, -0.2) is 8.42 Å². The largest absolute Gasteiger partial charge is 0.397 e. The molecule has 7 nitrogen and oxygen atoms in total. The average Bonchev–Trinajstić information content (AvgIpc) is 2.47. The Hall–Kier alpha value is -2.74. The van der Waals surface area contributed by atoms with E-state index in [4.69, 9.17) is 5.73 Å². The summed E-state index contributed by atoms with van der Waals surface area (Å²) in [5.74, 6) is 0. The summed E-state index contributed by atoms with van der Waals surface area (Å²) in [6.45, 7) is 0. The van der Waals surface area contributed by atoms with Gasteiger partial charge in [0.25, 0.3) is 5.69 Å². The highest BCUT2D eigenvalue weighted by Crippen LogP contribution is 2.32. The molecule has 0 amide bonds. The number of hydrogen-bond acceptors (Lipinski definition) is 6. The number of aldehydes is 1. The van der Waals surface area contributed by atoms with Crippen molar-refractivity contribution in [2.75, 3.05) is 5.73 Å². The Kier molecular flexibility index (Phi) is 3.72.